The summed E-state index contributed by atoms with van der Waals surface area (Å²) in [6, 6.07) is 8.07. The predicted octanol–water partition coefficient (Wildman–Crippen LogP) is 2.54. The van der Waals surface area contributed by atoms with E-state index in [9.17, 15) is 4.79 Å². The van der Waals surface area contributed by atoms with E-state index in [4.69, 9.17) is 5.73 Å². The van der Waals surface area contributed by atoms with Crippen LogP contribution in [0.2, 0.25) is 0 Å². The quantitative estimate of drug-likeness (QED) is 0.657. The number of hydrogen-bond donors (Lipinski definition) is 1. The Labute approximate surface area is 109 Å². The van der Waals surface area contributed by atoms with Crippen molar-refractivity contribution in [2.75, 3.05) is 7.11 Å². The average Bonchev–Trinajstić information content (AvgIpc) is 2.27. The number of nitrogens with two attached hydrogens (primary N) is 1. The van der Waals surface area contributed by atoms with Gasteiger partial charge in [0.2, 0.25) is 0 Å². The van der Waals surface area contributed by atoms with Crippen LogP contribution in [0.5, 0.6) is 0 Å². The number of allylic oxidation sites excluding steroid dienone is 1. The van der Waals surface area contributed by atoms with E-state index in [1.807, 2.05) is 45.0 Å². The smallest absolute Gasteiger partial charge is 0.330 e. The lowest BCUT2D eigenvalue weighted by molar-refractivity contribution is -0.134. The standard InChI is InChI=1S/C15H21NO2/c1-11(9-14(17)18-4)13-7-5-12(6-8-13)10-15(2,3)16/h5-9H,10,16H2,1-4H3/b11-9+. The third kappa shape index (κ3) is 4.72. The number of carbonyl (C=O) groups excluding carboxylic acids is 1. The molecule has 1 rings (SSSR count). The van der Waals surface area contributed by atoms with Crippen LogP contribution in [0.1, 0.15) is 31.9 Å². The highest BCUT2D eigenvalue weighted by Gasteiger charge is 2.11. The zero-order chi connectivity index (χ0) is 13.8. The minimum atomic E-state index is -0.334. The molecule has 0 atom stereocenters. The van der Waals surface area contributed by atoms with Crippen molar-refractivity contribution in [1.82, 2.24) is 0 Å². The van der Waals surface area contributed by atoms with Gasteiger partial charge in [0, 0.05) is 11.6 Å². The predicted molar refractivity (Wildman–Crippen MR) is 74.1 cm³/mol. The molecule has 98 valence electrons. The maximum Gasteiger partial charge on any atom is 0.330 e. The van der Waals surface area contributed by atoms with Crippen molar-refractivity contribution in [1.29, 1.82) is 0 Å². The van der Waals surface area contributed by atoms with Crippen molar-refractivity contribution in [2.45, 2.75) is 32.7 Å². The van der Waals surface area contributed by atoms with Gasteiger partial charge in [-0.05, 0) is 43.9 Å². The maximum absolute atomic E-state index is 11.1. The molecular weight excluding hydrogens is 226 g/mol. The van der Waals surface area contributed by atoms with Crippen LogP contribution in [0.15, 0.2) is 30.3 Å². The average molecular weight is 247 g/mol. The van der Waals surface area contributed by atoms with E-state index in [-0.39, 0.29) is 11.5 Å². The van der Waals surface area contributed by atoms with E-state index in [0.29, 0.717) is 0 Å². The Hall–Kier alpha value is -1.61. The van der Waals surface area contributed by atoms with Gasteiger partial charge in [-0.25, -0.2) is 4.79 Å². The van der Waals surface area contributed by atoms with Gasteiger partial charge in [-0.3, -0.25) is 0 Å². The Morgan fingerprint density at radius 1 is 1.33 bits per heavy atom. The highest BCUT2D eigenvalue weighted by molar-refractivity contribution is 5.90. The molecule has 0 aliphatic carbocycles. The molecule has 0 amide bonds. The van der Waals surface area contributed by atoms with Crippen molar-refractivity contribution in [3.8, 4) is 0 Å². The fourth-order valence-corrected chi connectivity index (χ4v) is 1.73. The lowest BCUT2D eigenvalue weighted by atomic mass is 9.95. The summed E-state index contributed by atoms with van der Waals surface area (Å²) in [6.07, 6.45) is 2.31. The summed E-state index contributed by atoms with van der Waals surface area (Å²) in [5.41, 5.74) is 8.86. The van der Waals surface area contributed by atoms with E-state index in [1.54, 1.807) is 0 Å². The van der Waals surface area contributed by atoms with Crippen molar-refractivity contribution < 1.29 is 9.53 Å². The van der Waals surface area contributed by atoms with Crippen molar-refractivity contribution >= 4 is 11.5 Å². The molecule has 18 heavy (non-hydrogen) atoms. The highest BCUT2D eigenvalue weighted by atomic mass is 16.5. The molecule has 0 spiro atoms. The van der Waals surface area contributed by atoms with E-state index < -0.39 is 0 Å². The van der Waals surface area contributed by atoms with Gasteiger partial charge in [0.25, 0.3) is 0 Å². The molecule has 1 aromatic rings. The summed E-state index contributed by atoms with van der Waals surface area (Å²) in [7, 11) is 1.37. The zero-order valence-corrected chi connectivity index (χ0v) is 11.5. The Morgan fingerprint density at radius 3 is 2.33 bits per heavy atom. The Kier molecular flexibility index (Phi) is 4.68. The number of esters is 1. The molecule has 3 nitrogen and oxygen atoms in total. The summed E-state index contributed by atoms with van der Waals surface area (Å²) >= 11 is 0. The summed E-state index contributed by atoms with van der Waals surface area (Å²) in [5.74, 6) is -0.334. The second kappa shape index (κ2) is 5.83. The molecule has 1 aromatic carbocycles. The van der Waals surface area contributed by atoms with E-state index in [0.717, 1.165) is 17.6 Å². The monoisotopic (exact) mass is 247 g/mol. The molecule has 2 N–H and O–H groups in total. The summed E-state index contributed by atoms with van der Waals surface area (Å²) in [6.45, 7) is 5.89. The molecule has 0 saturated heterocycles. The van der Waals surface area contributed by atoms with Gasteiger partial charge in [0.1, 0.15) is 0 Å². The molecule has 0 bridgehead atoms. The van der Waals surface area contributed by atoms with Gasteiger partial charge in [-0.1, -0.05) is 24.3 Å². The molecule has 0 aliphatic heterocycles. The lowest BCUT2D eigenvalue weighted by Crippen LogP contribution is -2.34. The first-order valence-electron chi connectivity index (χ1n) is 5.96. The van der Waals surface area contributed by atoms with Crippen LogP contribution < -0.4 is 5.73 Å². The van der Waals surface area contributed by atoms with Crippen LogP contribution in [0.4, 0.5) is 0 Å². The number of carbonyl (C=O) groups is 1. The van der Waals surface area contributed by atoms with Gasteiger partial charge in [0.05, 0.1) is 7.11 Å². The first-order valence-corrected chi connectivity index (χ1v) is 5.96. The topological polar surface area (TPSA) is 52.3 Å². The molecule has 0 heterocycles. The van der Waals surface area contributed by atoms with Gasteiger partial charge >= 0.3 is 5.97 Å². The molecule has 0 unspecified atom stereocenters. The van der Waals surface area contributed by atoms with Crippen LogP contribution >= 0.6 is 0 Å². The van der Waals surface area contributed by atoms with Crippen molar-refractivity contribution in [3.05, 3.63) is 41.5 Å². The summed E-state index contributed by atoms with van der Waals surface area (Å²) in [4.78, 5) is 11.1. The van der Waals surface area contributed by atoms with E-state index in [1.165, 1.54) is 18.7 Å². The third-order valence-corrected chi connectivity index (χ3v) is 2.60. The van der Waals surface area contributed by atoms with Gasteiger partial charge < -0.3 is 10.5 Å². The highest BCUT2D eigenvalue weighted by Crippen LogP contribution is 2.17. The van der Waals surface area contributed by atoms with E-state index in [2.05, 4.69) is 4.74 Å². The summed E-state index contributed by atoms with van der Waals surface area (Å²) in [5, 5.41) is 0. The number of ether oxygens (including phenoxy) is 1. The van der Waals surface area contributed by atoms with Crippen molar-refractivity contribution in [2.24, 2.45) is 5.73 Å². The Balaban J connectivity index is 2.83. The van der Waals surface area contributed by atoms with Crippen molar-refractivity contribution in [3.63, 3.8) is 0 Å². The number of benzene rings is 1. The molecular formula is C15H21NO2. The third-order valence-electron chi connectivity index (χ3n) is 2.60. The van der Waals surface area contributed by atoms with Crippen LogP contribution in [0, 0.1) is 0 Å². The fourth-order valence-electron chi connectivity index (χ4n) is 1.73. The first kappa shape index (κ1) is 14.5. The minimum Gasteiger partial charge on any atom is -0.466 e. The molecule has 3 heteroatoms. The van der Waals surface area contributed by atoms with Gasteiger partial charge in [-0.15, -0.1) is 0 Å². The second-order valence-electron chi connectivity index (χ2n) is 5.21. The SMILES string of the molecule is COC(=O)/C=C(\C)c1ccc(CC(C)(C)N)cc1. The second-order valence-corrected chi connectivity index (χ2v) is 5.21. The zero-order valence-electron chi connectivity index (χ0n) is 11.5. The molecule has 0 aliphatic rings. The molecule has 0 saturated carbocycles. The van der Waals surface area contributed by atoms with Crippen LogP contribution in [0.3, 0.4) is 0 Å². The largest absolute Gasteiger partial charge is 0.466 e. The molecule has 0 aromatic heterocycles. The fraction of sp³-hybridized carbons (Fsp3) is 0.400. The Morgan fingerprint density at radius 2 is 1.89 bits per heavy atom. The number of rotatable bonds is 4. The molecule has 0 fully saturated rings. The lowest BCUT2D eigenvalue weighted by Gasteiger charge is -2.18. The minimum absolute atomic E-state index is 0.210. The van der Waals surface area contributed by atoms with Crippen LogP contribution in [-0.2, 0) is 16.0 Å². The van der Waals surface area contributed by atoms with E-state index >= 15 is 0 Å². The number of methoxy groups -OCH3 is 1. The molecule has 0 radical (unpaired) electrons. The van der Waals surface area contributed by atoms with Gasteiger partial charge in [0.15, 0.2) is 0 Å². The van der Waals surface area contributed by atoms with Crippen LogP contribution in [0.25, 0.3) is 5.57 Å². The van der Waals surface area contributed by atoms with Crippen LogP contribution in [-0.4, -0.2) is 18.6 Å². The normalized spacial score (nSPS) is 12.4. The maximum atomic E-state index is 11.1. The summed E-state index contributed by atoms with van der Waals surface area (Å²) < 4.78 is 4.60. The first-order chi connectivity index (χ1) is 8.31. The number of hydrogen-bond acceptors (Lipinski definition) is 3. The Bertz CT molecular complexity index is 439. The van der Waals surface area contributed by atoms with Gasteiger partial charge in [-0.2, -0.15) is 0 Å².